The topological polar surface area (TPSA) is 72.3 Å². The Balaban J connectivity index is 1.72. The summed E-state index contributed by atoms with van der Waals surface area (Å²) in [6.07, 6.45) is 5.15. The smallest absolute Gasteiger partial charge is 0.309 e. The Bertz CT molecular complexity index is 497. The summed E-state index contributed by atoms with van der Waals surface area (Å²) >= 11 is 1.40. The number of hydrogen-bond acceptors (Lipinski definition) is 6. The molecule has 1 aliphatic heterocycles. The molecule has 1 aromatic rings. The van der Waals surface area contributed by atoms with Gasteiger partial charge in [-0.25, -0.2) is 0 Å². The maximum absolute atomic E-state index is 12.8. The van der Waals surface area contributed by atoms with Crippen molar-refractivity contribution in [2.75, 3.05) is 20.3 Å². The van der Waals surface area contributed by atoms with Crippen LogP contribution in [0.3, 0.4) is 0 Å². The van der Waals surface area contributed by atoms with Crippen molar-refractivity contribution in [3.8, 4) is 0 Å². The van der Waals surface area contributed by atoms with Crippen molar-refractivity contribution in [2.24, 2.45) is 5.92 Å². The van der Waals surface area contributed by atoms with Gasteiger partial charge >= 0.3 is 5.13 Å². The van der Waals surface area contributed by atoms with Crippen LogP contribution in [0.4, 0.5) is 5.13 Å². The van der Waals surface area contributed by atoms with E-state index in [1.54, 1.807) is 0 Å². The summed E-state index contributed by atoms with van der Waals surface area (Å²) in [6.45, 7) is 2.87. The SMILES string of the molecule is CCCC1CCC(c2nnc([N+]3([O-])CN(C)CC3O)s2)C1. The van der Waals surface area contributed by atoms with Crippen molar-refractivity contribution in [1.82, 2.24) is 19.7 Å². The second-order valence-corrected chi connectivity index (χ2v) is 7.53. The van der Waals surface area contributed by atoms with E-state index in [4.69, 9.17) is 0 Å². The first-order chi connectivity index (χ1) is 10.0. The van der Waals surface area contributed by atoms with E-state index >= 15 is 0 Å². The van der Waals surface area contributed by atoms with Crippen LogP contribution in [0.2, 0.25) is 0 Å². The Kier molecular flexibility index (Phi) is 4.29. The molecule has 0 aromatic carbocycles. The quantitative estimate of drug-likeness (QED) is 0.682. The fraction of sp³-hybridized carbons (Fsp3) is 0.857. The Morgan fingerprint density at radius 2 is 2.24 bits per heavy atom. The van der Waals surface area contributed by atoms with Gasteiger partial charge in [-0.05, 0) is 43.6 Å². The lowest BCUT2D eigenvalue weighted by molar-refractivity contribution is 0.0844. The van der Waals surface area contributed by atoms with Crippen molar-refractivity contribution in [3.05, 3.63) is 10.2 Å². The molecule has 2 fully saturated rings. The van der Waals surface area contributed by atoms with Gasteiger partial charge in [0, 0.05) is 5.92 Å². The molecule has 21 heavy (non-hydrogen) atoms. The van der Waals surface area contributed by atoms with Crippen LogP contribution >= 0.6 is 11.3 Å². The van der Waals surface area contributed by atoms with Gasteiger partial charge in [0.05, 0.1) is 6.54 Å². The molecule has 3 rings (SSSR count). The summed E-state index contributed by atoms with van der Waals surface area (Å²) in [7, 11) is 1.84. The van der Waals surface area contributed by atoms with Crippen molar-refractivity contribution >= 4 is 16.5 Å². The molecule has 1 N–H and O–H groups in total. The molecule has 4 unspecified atom stereocenters. The molecule has 1 aromatic heterocycles. The monoisotopic (exact) mass is 312 g/mol. The lowest BCUT2D eigenvalue weighted by atomic mass is 10.0. The minimum absolute atomic E-state index is 0.249. The summed E-state index contributed by atoms with van der Waals surface area (Å²) in [5, 5.41) is 32.6. The number of nitrogens with zero attached hydrogens (tertiary/aromatic N) is 4. The number of aromatic nitrogens is 2. The van der Waals surface area contributed by atoms with Crippen LogP contribution in [0, 0.1) is 11.1 Å². The average molecular weight is 312 g/mol. The summed E-state index contributed by atoms with van der Waals surface area (Å²) in [5.41, 5.74) is 0. The highest BCUT2D eigenvalue weighted by molar-refractivity contribution is 7.15. The Hall–Kier alpha value is -0.600. The van der Waals surface area contributed by atoms with E-state index in [0.717, 1.165) is 17.3 Å². The molecule has 118 valence electrons. The molecule has 2 aliphatic rings. The van der Waals surface area contributed by atoms with Crippen LogP contribution in [0.5, 0.6) is 0 Å². The first kappa shape index (κ1) is 15.3. The number of hydroxylamine groups is 2. The highest BCUT2D eigenvalue weighted by atomic mass is 32.1. The number of β-amino-alcohol motifs (C(OH)–C–C–N with tert-alkyl or cyclic N) is 1. The van der Waals surface area contributed by atoms with E-state index in [2.05, 4.69) is 17.1 Å². The van der Waals surface area contributed by atoms with Gasteiger partial charge in [-0.1, -0.05) is 24.9 Å². The molecular weight excluding hydrogens is 288 g/mol. The summed E-state index contributed by atoms with van der Waals surface area (Å²) in [5.74, 6) is 1.25. The lowest BCUT2D eigenvalue weighted by Crippen LogP contribution is -2.48. The van der Waals surface area contributed by atoms with Crippen LogP contribution in [-0.4, -0.2) is 46.7 Å². The maximum atomic E-state index is 12.8. The molecule has 0 bridgehead atoms. The molecule has 1 saturated carbocycles. The zero-order valence-electron chi connectivity index (χ0n) is 12.7. The molecule has 1 aliphatic carbocycles. The summed E-state index contributed by atoms with van der Waals surface area (Å²) in [4.78, 5) is 1.84. The third-order valence-electron chi connectivity index (χ3n) is 4.75. The number of quaternary nitrogens is 1. The van der Waals surface area contributed by atoms with Gasteiger partial charge in [-0.15, -0.1) is 5.10 Å². The third kappa shape index (κ3) is 2.85. The molecule has 0 radical (unpaired) electrons. The van der Waals surface area contributed by atoms with Crippen molar-refractivity contribution in [3.63, 3.8) is 0 Å². The predicted octanol–water partition coefficient (Wildman–Crippen LogP) is 2.25. The van der Waals surface area contributed by atoms with Gasteiger partial charge in [0.15, 0.2) is 0 Å². The van der Waals surface area contributed by atoms with Gasteiger partial charge in [0.25, 0.3) is 0 Å². The average Bonchev–Trinajstić information content (AvgIpc) is 3.10. The van der Waals surface area contributed by atoms with E-state index in [1.165, 1.54) is 37.0 Å². The second kappa shape index (κ2) is 5.89. The van der Waals surface area contributed by atoms with Crippen LogP contribution in [0.15, 0.2) is 0 Å². The molecular formula is C14H24N4O2S. The van der Waals surface area contributed by atoms with Crippen LogP contribution in [0.25, 0.3) is 0 Å². The lowest BCUT2D eigenvalue weighted by Gasteiger charge is -2.36. The van der Waals surface area contributed by atoms with Crippen molar-refractivity contribution < 1.29 is 5.11 Å². The zero-order valence-corrected chi connectivity index (χ0v) is 13.6. The molecule has 6 nitrogen and oxygen atoms in total. The van der Waals surface area contributed by atoms with Gasteiger partial charge in [0.1, 0.15) is 11.7 Å². The zero-order chi connectivity index (χ0) is 15.0. The predicted molar refractivity (Wildman–Crippen MR) is 83.6 cm³/mol. The minimum atomic E-state index is -0.952. The summed E-state index contributed by atoms with van der Waals surface area (Å²) in [6, 6.07) is 0. The number of likely N-dealkylation sites (N-methyl/N-ethyl adjacent to an activating group) is 1. The first-order valence-electron chi connectivity index (χ1n) is 7.82. The third-order valence-corrected chi connectivity index (χ3v) is 5.95. The highest BCUT2D eigenvalue weighted by Gasteiger charge is 2.42. The van der Waals surface area contributed by atoms with Crippen molar-refractivity contribution in [1.29, 1.82) is 0 Å². The molecule has 2 heterocycles. The van der Waals surface area contributed by atoms with E-state index in [1.807, 2.05) is 11.9 Å². The van der Waals surface area contributed by atoms with E-state index in [-0.39, 0.29) is 6.67 Å². The van der Waals surface area contributed by atoms with Crippen LogP contribution in [-0.2, 0) is 0 Å². The standard InChI is InChI=1S/C14H24N4O2S/c1-3-4-10-5-6-11(7-10)13-15-16-14(21-13)18(20)9-17(2)8-12(18)19/h10-12,19H,3-9H2,1-2H3. The highest BCUT2D eigenvalue weighted by Crippen LogP contribution is 2.43. The van der Waals surface area contributed by atoms with Crippen molar-refractivity contribution in [2.45, 2.75) is 51.2 Å². The first-order valence-corrected chi connectivity index (χ1v) is 8.64. The van der Waals surface area contributed by atoms with Gasteiger partial charge in [-0.3, -0.25) is 9.55 Å². The fourth-order valence-corrected chi connectivity index (χ4v) is 4.69. The Labute approximate surface area is 129 Å². The maximum Gasteiger partial charge on any atom is 0.309 e. The number of rotatable bonds is 4. The Morgan fingerprint density at radius 3 is 2.90 bits per heavy atom. The number of aliphatic hydroxyl groups excluding tert-OH is 1. The number of hydrogen-bond donors (Lipinski definition) is 1. The van der Waals surface area contributed by atoms with Crippen LogP contribution in [0.1, 0.15) is 50.0 Å². The largest absolute Gasteiger partial charge is 0.623 e. The van der Waals surface area contributed by atoms with E-state index in [0.29, 0.717) is 17.6 Å². The number of aliphatic hydroxyl groups is 1. The van der Waals surface area contributed by atoms with E-state index < -0.39 is 10.9 Å². The second-order valence-electron chi connectivity index (χ2n) is 6.54. The minimum Gasteiger partial charge on any atom is -0.623 e. The van der Waals surface area contributed by atoms with Gasteiger partial charge < -0.3 is 10.3 Å². The van der Waals surface area contributed by atoms with Gasteiger partial charge in [-0.2, -0.15) is 0 Å². The fourth-order valence-electron chi connectivity index (χ4n) is 3.62. The molecule has 0 amide bonds. The summed E-state index contributed by atoms with van der Waals surface area (Å²) < 4.78 is -0.765. The molecule has 4 atom stereocenters. The normalized spacial score (nSPS) is 37.4. The van der Waals surface area contributed by atoms with E-state index in [9.17, 15) is 10.3 Å². The van der Waals surface area contributed by atoms with Crippen LogP contribution < -0.4 is 4.65 Å². The van der Waals surface area contributed by atoms with Gasteiger partial charge in [0.2, 0.25) is 6.23 Å². The molecule has 0 spiro atoms. The Morgan fingerprint density at radius 1 is 1.43 bits per heavy atom. The molecule has 1 saturated heterocycles. The molecule has 7 heteroatoms.